The lowest BCUT2D eigenvalue weighted by Crippen LogP contribution is -2.34. The maximum atomic E-state index is 12.7. The molecule has 0 atom stereocenters. The molecule has 1 aliphatic rings. The fourth-order valence-corrected chi connectivity index (χ4v) is 2.40. The van der Waals surface area contributed by atoms with Crippen LogP contribution in [-0.2, 0) is 25.6 Å². The Bertz CT molecular complexity index is 642. The van der Waals surface area contributed by atoms with Gasteiger partial charge < -0.3 is 23.8 Å². The number of nitrogens with zero attached hydrogens (tertiary/aromatic N) is 1. The van der Waals surface area contributed by atoms with Crippen molar-refractivity contribution in [1.82, 2.24) is 4.90 Å². The maximum Gasteiger partial charge on any atom is 0.305 e. The van der Waals surface area contributed by atoms with Crippen LogP contribution in [0.3, 0.4) is 0 Å². The van der Waals surface area contributed by atoms with E-state index in [4.69, 9.17) is 14.2 Å². The molecule has 25 heavy (non-hydrogen) atoms. The number of carbonyl (C=O) groups is 2. The van der Waals surface area contributed by atoms with Crippen molar-refractivity contribution in [2.45, 2.75) is 19.4 Å². The fourth-order valence-electron chi connectivity index (χ4n) is 2.40. The van der Waals surface area contributed by atoms with E-state index in [1.54, 1.807) is 12.0 Å². The molecule has 0 radical (unpaired) electrons. The summed E-state index contributed by atoms with van der Waals surface area (Å²) in [5, 5.41) is 0. The summed E-state index contributed by atoms with van der Waals surface area (Å²) in [6, 6.07) is 5.56. The van der Waals surface area contributed by atoms with Gasteiger partial charge in [-0.3, -0.25) is 9.59 Å². The van der Waals surface area contributed by atoms with Gasteiger partial charge in [0, 0.05) is 32.2 Å². The average Bonchev–Trinajstić information content (AvgIpc) is 3.09. The molecule has 1 aliphatic heterocycles. The van der Waals surface area contributed by atoms with Crippen LogP contribution in [0.25, 0.3) is 0 Å². The number of carbonyl (C=O) groups excluding carboxylic acids is 2. The molecule has 1 amide bonds. The van der Waals surface area contributed by atoms with Crippen molar-refractivity contribution in [3.05, 3.63) is 35.9 Å². The Morgan fingerprint density at radius 3 is 2.68 bits per heavy atom. The molecule has 7 nitrogen and oxygen atoms in total. The van der Waals surface area contributed by atoms with E-state index in [0.29, 0.717) is 36.8 Å². The van der Waals surface area contributed by atoms with E-state index in [0.717, 1.165) is 5.56 Å². The van der Waals surface area contributed by atoms with Crippen molar-refractivity contribution in [2.24, 2.45) is 0 Å². The highest BCUT2D eigenvalue weighted by molar-refractivity contribution is 5.93. The zero-order valence-electron chi connectivity index (χ0n) is 14.6. The van der Waals surface area contributed by atoms with Crippen molar-refractivity contribution in [2.75, 3.05) is 34.2 Å². The van der Waals surface area contributed by atoms with Gasteiger partial charge in [-0.25, -0.2) is 0 Å². The molecule has 1 aromatic carbocycles. The summed E-state index contributed by atoms with van der Waals surface area (Å²) in [5.41, 5.74) is 1.27. The van der Waals surface area contributed by atoms with E-state index in [1.807, 2.05) is 18.2 Å². The quantitative estimate of drug-likeness (QED) is 0.501. The van der Waals surface area contributed by atoms with E-state index in [1.165, 1.54) is 7.11 Å². The summed E-state index contributed by atoms with van der Waals surface area (Å²) < 4.78 is 20.3. The number of hydrogen-bond acceptors (Lipinski definition) is 6. The zero-order valence-corrected chi connectivity index (χ0v) is 14.6. The lowest BCUT2D eigenvalue weighted by atomic mass is 10.1. The first-order valence-corrected chi connectivity index (χ1v) is 7.96. The maximum absolute atomic E-state index is 12.7. The summed E-state index contributed by atoms with van der Waals surface area (Å²) in [7, 11) is 2.90. The van der Waals surface area contributed by atoms with Gasteiger partial charge in [0.2, 0.25) is 12.7 Å². The Kier molecular flexibility index (Phi) is 6.82. The van der Waals surface area contributed by atoms with Crippen LogP contribution in [0.5, 0.6) is 11.5 Å². The number of rotatable bonds is 9. The van der Waals surface area contributed by atoms with Crippen molar-refractivity contribution >= 4 is 11.9 Å². The number of benzene rings is 1. The molecule has 0 aromatic heterocycles. The molecule has 136 valence electrons. The molecule has 0 fully saturated rings. The third-order valence-electron chi connectivity index (χ3n) is 3.82. The van der Waals surface area contributed by atoms with Crippen molar-refractivity contribution in [3.8, 4) is 11.5 Å². The third kappa shape index (κ3) is 5.22. The van der Waals surface area contributed by atoms with E-state index in [9.17, 15) is 9.59 Å². The van der Waals surface area contributed by atoms with E-state index in [-0.39, 0.29) is 31.5 Å². The molecule has 7 heteroatoms. The highest BCUT2D eigenvalue weighted by Gasteiger charge is 2.20. The zero-order chi connectivity index (χ0) is 18.2. The Labute approximate surface area is 147 Å². The molecule has 2 rings (SSSR count). The number of methoxy groups -OCH3 is 2. The minimum absolute atomic E-state index is 0.128. The Morgan fingerprint density at radius 2 is 1.96 bits per heavy atom. The molecule has 0 N–H and O–H groups in total. The summed E-state index contributed by atoms with van der Waals surface area (Å²) in [5.74, 6) is 0.786. The second-order valence-electron chi connectivity index (χ2n) is 5.59. The van der Waals surface area contributed by atoms with Gasteiger partial charge >= 0.3 is 5.97 Å². The summed E-state index contributed by atoms with van der Waals surface area (Å²) >= 11 is 0. The van der Waals surface area contributed by atoms with Gasteiger partial charge in [0.15, 0.2) is 11.5 Å². The van der Waals surface area contributed by atoms with Crippen LogP contribution in [-0.4, -0.2) is 50.9 Å². The van der Waals surface area contributed by atoms with Gasteiger partial charge in [0.05, 0.1) is 13.7 Å². The number of fused-ring (bicyclic) bond motifs is 1. The Hall–Kier alpha value is -2.54. The molecular weight excluding hydrogens is 326 g/mol. The predicted molar refractivity (Wildman–Crippen MR) is 90.2 cm³/mol. The highest BCUT2D eigenvalue weighted by atomic mass is 16.7. The Balaban J connectivity index is 2.03. The van der Waals surface area contributed by atoms with Gasteiger partial charge in [-0.2, -0.15) is 0 Å². The van der Waals surface area contributed by atoms with E-state index >= 15 is 0 Å². The normalized spacial score (nSPS) is 11.9. The van der Waals surface area contributed by atoms with E-state index in [2.05, 4.69) is 11.3 Å². The lowest BCUT2D eigenvalue weighted by molar-refractivity contribution is -0.140. The summed E-state index contributed by atoms with van der Waals surface area (Å²) in [4.78, 5) is 25.5. The minimum atomic E-state index is -0.367. The van der Waals surface area contributed by atoms with Gasteiger partial charge in [-0.05, 0) is 24.1 Å². The molecular formula is C18H23NO6. The molecule has 0 saturated carbocycles. The van der Waals surface area contributed by atoms with Crippen molar-refractivity contribution in [3.63, 3.8) is 0 Å². The van der Waals surface area contributed by atoms with Gasteiger partial charge in [-0.1, -0.05) is 12.6 Å². The second-order valence-corrected chi connectivity index (χ2v) is 5.59. The van der Waals surface area contributed by atoms with Crippen LogP contribution < -0.4 is 9.47 Å². The summed E-state index contributed by atoms with van der Waals surface area (Å²) in [6.07, 6.45) is 0.388. The summed E-state index contributed by atoms with van der Waals surface area (Å²) in [6.45, 7) is 5.21. The van der Waals surface area contributed by atoms with Crippen LogP contribution in [0.15, 0.2) is 30.4 Å². The molecule has 0 saturated heterocycles. The first-order valence-electron chi connectivity index (χ1n) is 7.96. The number of ether oxygens (including phenoxy) is 4. The van der Waals surface area contributed by atoms with E-state index < -0.39 is 0 Å². The van der Waals surface area contributed by atoms with Gasteiger partial charge in [0.25, 0.3) is 0 Å². The van der Waals surface area contributed by atoms with Crippen LogP contribution in [0, 0.1) is 0 Å². The van der Waals surface area contributed by atoms with Crippen molar-refractivity contribution < 1.29 is 28.5 Å². The lowest BCUT2D eigenvalue weighted by Gasteiger charge is -2.23. The molecule has 0 spiro atoms. The third-order valence-corrected chi connectivity index (χ3v) is 3.82. The minimum Gasteiger partial charge on any atom is -0.469 e. The number of esters is 1. The molecule has 1 heterocycles. The standard InChI is InChI=1S/C18H23NO6/c1-13(4-7-17(20)23-3)18(21)19(8-9-22-2)11-14-5-6-15-16(10-14)25-12-24-15/h5-6,10H,1,4,7-9,11-12H2,2-3H3. The smallest absolute Gasteiger partial charge is 0.305 e. The predicted octanol–water partition coefficient (Wildman–Crippen LogP) is 1.90. The topological polar surface area (TPSA) is 74.3 Å². The van der Waals surface area contributed by atoms with Crippen LogP contribution in [0.2, 0.25) is 0 Å². The van der Waals surface area contributed by atoms with Gasteiger partial charge in [-0.15, -0.1) is 0 Å². The second kappa shape index (κ2) is 9.08. The SMILES string of the molecule is C=C(CCC(=O)OC)C(=O)N(CCOC)Cc1ccc2c(c1)OCO2. The molecule has 0 aliphatic carbocycles. The number of amides is 1. The first kappa shape index (κ1) is 18.8. The largest absolute Gasteiger partial charge is 0.469 e. The van der Waals surface area contributed by atoms with Crippen LogP contribution in [0.1, 0.15) is 18.4 Å². The van der Waals surface area contributed by atoms with Gasteiger partial charge in [0.1, 0.15) is 0 Å². The average molecular weight is 349 g/mol. The first-order chi connectivity index (χ1) is 12.0. The highest BCUT2D eigenvalue weighted by Crippen LogP contribution is 2.32. The van der Waals surface area contributed by atoms with Crippen LogP contribution in [0.4, 0.5) is 0 Å². The molecule has 0 unspecified atom stereocenters. The fraction of sp³-hybridized carbons (Fsp3) is 0.444. The Morgan fingerprint density at radius 1 is 1.20 bits per heavy atom. The van der Waals surface area contributed by atoms with Crippen molar-refractivity contribution in [1.29, 1.82) is 0 Å². The number of hydrogen-bond donors (Lipinski definition) is 0. The molecule has 1 aromatic rings. The molecule has 0 bridgehead atoms. The monoisotopic (exact) mass is 349 g/mol. The van der Waals surface area contributed by atoms with Crippen LogP contribution >= 0.6 is 0 Å².